The Morgan fingerprint density at radius 1 is 0.912 bits per heavy atom. The zero-order chi connectivity index (χ0) is 25.6. The molecule has 1 aromatic rings. The molecule has 1 N–H and O–H groups in total. The van der Waals surface area contributed by atoms with Crippen molar-refractivity contribution in [2.24, 2.45) is 0 Å². The zero-order valence-corrected chi connectivity index (χ0v) is 22.3. The van der Waals surface area contributed by atoms with Gasteiger partial charge in [-0.25, -0.2) is 0 Å². The summed E-state index contributed by atoms with van der Waals surface area (Å²) in [5.41, 5.74) is 0. The van der Waals surface area contributed by atoms with Gasteiger partial charge in [0.2, 0.25) is 12.2 Å². The van der Waals surface area contributed by atoms with Gasteiger partial charge in [0.15, 0.2) is 12.2 Å². The van der Waals surface area contributed by atoms with Gasteiger partial charge in [0.25, 0.3) is 0 Å². The molecule has 0 radical (unpaired) electrons. The van der Waals surface area contributed by atoms with E-state index < -0.39 is 54.5 Å². The van der Waals surface area contributed by atoms with Crippen molar-refractivity contribution in [3.05, 3.63) is 21.1 Å². The van der Waals surface area contributed by atoms with Crippen LogP contribution in [0.2, 0.25) is 0 Å². The van der Waals surface area contributed by atoms with Crippen LogP contribution in [0, 0.1) is 0 Å². The Kier molecular flexibility index (Phi) is 10.1. The largest absolute Gasteiger partial charge is 0.496 e. The first kappa shape index (κ1) is 27.9. The number of methoxy groups -OCH3 is 1. The predicted molar refractivity (Wildman–Crippen MR) is 123 cm³/mol. The number of ether oxygens (including phenoxy) is 6. The quantitative estimate of drug-likeness (QED) is 0.345. The second-order valence-corrected chi connectivity index (χ2v) is 8.96. The molecule has 0 aliphatic carbocycles. The highest BCUT2D eigenvalue weighted by molar-refractivity contribution is 9.11. The second-order valence-electron chi connectivity index (χ2n) is 7.25. The first-order valence-electron chi connectivity index (χ1n) is 10.0. The minimum Gasteiger partial charge on any atom is -0.496 e. The summed E-state index contributed by atoms with van der Waals surface area (Å²) in [6.07, 6.45) is -4.74. The van der Waals surface area contributed by atoms with Gasteiger partial charge in [0.05, 0.1) is 16.1 Å². The van der Waals surface area contributed by atoms with Gasteiger partial charge in [-0.1, -0.05) is 0 Å². The van der Waals surface area contributed by atoms with Gasteiger partial charge < -0.3 is 33.7 Å². The molecule has 34 heavy (non-hydrogen) atoms. The fourth-order valence-electron chi connectivity index (χ4n) is 3.27. The smallest absolute Gasteiger partial charge is 0.303 e. The first-order valence-corrected chi connectivity index (χ1v) is 11.6. The van der Waals surface area contributed by atoms with Crippen molar-refractivity contribution in [1.82, 2.24) is 5.32 Å². The fraction of sp³-hybridized carbons (Fsp3) is 0.524. The van der Waals surface area contributed by atoms with E-state index in [1.54, 1.807) is 12.1 Å². The van der Waals surface area contributed by atoms with E-state index in [0.717, 1.165) is 6.92 Å². The van der Waals surface area contributed by atoms with Crippen LogP contribution < -0.4 is 14.8 Å². The van der Waals surface area contributed by atoms with E-state index in [-0.39, 0.29) is 6.61 Å². The highest BCUT2D eigenvalue weighted by Crippen LogP contribution is 2.38. The molecular weight excluding hydrogens is 586 g/mol. The Labute approximate surface area is 213 Å². The monoisotopic (exact) mass is 609 g/mol. The van der Waals surface area contributed by atoms with E-state index >= 15 is 0 Å². The maximum atomic E-state index is 12.0. The molecule has 5 atom stereocenters. The van der Waals surface area contributed by atoms with E-state index in [9.17, 15) is 19.2 Å². The van der Waals surface area contributed by atoms with Crippen molar-refractivity contribution in [3.63, 3.8) is 0 Å². The maximum Gasteiger partial charge on any atom is 0.303 e. The zero-order valence-electron chi connectivity index (χ0n) is 19.1. The van der Waals surface area contributed by atoms with Crippen molar-refractivity contribution < 1.29 is 47.6 Å². The lowest BCUT2D eigenvalue weighted by molar-refractivity contribution is -0.257. The van der Waals surface area contributed by atoms with Crippen LogP contribution >= 0.6 is 31.9 Å². The fourth-order valence-corrected chi connectivity index (χ4v) is 4.17. The van der Waals surface area contributed by atoms with Crippen LogP contribution in [0.15, 0.2) is 21.1 Å². The molecule has 1 unspecified atom stereocenters. The van der Waals surface area contributed by atoms with Gasteiger partial charge >= 0.3 is 17.9 Å². The highest BCUT2D eigenvalue weighted by Gasteiger charge is 2.52. The highest BCUT2D eigenvalue weighted by atomic mass is 79.9. The Morgan fingerprint density at radius 3 is 2.00 bits per heavy atom. The summed E-state index contributed by atoms with van der Waals surface area (Å²) < 4.78 is 34.2. The molecule has 1 fully saturated rings. The third kappa shape index (κ3) is 7.57. The summed E-state index contributed by atoms with van der Waals surface area (Å²) in [7, 11) is 1.50. The lowest BCUT2D eigenvalue weighted by atomic mass is 9.96. The average molecular weight is 611 g/mol. The lowest BCUT2D eigenvalue weighted by Gasteiger charge is -2.44. The van der Waals surface area contributed by atoms with Crippen LogP contribution in [0.1, 0.15) is 27.7 Å². The molecule has 13 heteroatoms. The van der Waals surface area contributed by atoms with E-state index in [2.05, 4.69) is 37.2 Å². The summed E-state index contributed by atoms with van der Waals surface area (Å²) in [4.78, 5) is 47.1. The number of rotatable bonds is 8. The Bertz CT molecular complexity index is 940. The van der Waals surface area contributed by atoms with E-state index in [0.29, 0.717) is 20.4 Å². The van der Waals surface area contributed by atoms with Crippen LogP contribution in [0.4, 0.5) is 0 Å². The van der Waals surface area contributed by atoms with Crippen molar-refractivity contribution >= 4 is 55.7 Å². The number of hydrogen-bond acceptors (Lipinski definition) is 10. The summed E-state index contributed by atoms with van der Waals surface area (Å²) in [6.45, 7) is 4.46. The standard InChI is InChI=1S/C21H25Br2NO10/c1-9(25)24-18-20(32-12(4)28)19(31-11(3)27)17(8-30-10(2)26)34-21(18)33-16-7-13(22)15(29-5)6-14(16)23/h6-7,17-21H,8H2,1-5H3,(H,24,25)/t17-,18-,19-,20-,21?/m1/s1. The first-order chi connectivity index (χ1) is 15.9. The molecule has 0 saturated carbocycles. The van der Waals surface area contributed by atoms with Crippen molar-refractivity contribution in [2.45, 2.75) is 58.3 Å². The Hall–Kier alpha value is -2.38. The Balaban J connectivity index is 2.51. The molecule has 11 nitrogen and oxygen atoms in total. The molecule has 0 bridgehead atoms. The number of benzene rings is 1. The molecule has 1 aliphatic heterocycles. The molecule has 188 valence electrons. The van der Waals surface area contributed by atoms with Gasteiger partial charge in [0, 0.05) is 27.7 Å². The van der Waals surface area contributed by atoms with Crippen LogP contribution in [0.5, 0.6) is 11.5 Å². The van der Waals surface area contributed by atoms with Crippen molar-refractivity contribution in [3.8, 4) is 11.5 Å². The van der Waals surface area contributed by atoms with Gasteiger partial charge in [-0.3, -0.25) is 19.2 Å². The minimum atomic E-state index is -1.24. The maximum absolute atomic E-state index is 12.0. The molecule has 0 spiro atoms. The predicted octanol–water partition coefficient (Wildman–Crippen LogP) is 2.26. The van der Waals surface area contributed by atoms with Gasteiger partial charge in [-0.15, -0.1) is 0 Å². The number of carbonyl (C=O) groups is 4. The SMILES string of the molecule is COc1cc(Br)c(OC2O[C@H](COC(C)=O)[C@@H](OC(C)=O)[C@H](OC(C)=O)[C@H]2NC(C)=O)cc1Br. The number of hydrogen-bond donors (Lipinski definition) is 1. The number of esters is 3. The van der Waals surface area contributed by atoms with Crippen molar-refractivity contribution in [2.75, 3.05) is 13.7 Å². The van der Waals surface area contributed by atoms with Crippen LogP contribution in [-0.2, 0) is 38.1 Å². The number of amides is 1. The summed E-state index contributed by atoms with van der Waals surface area (Å²) in [5.74, 6) is -1.64. The number of carbonyl (C=O) groups excluding carboxylic acids is 4. The average Bonchev–Trinajstić information content (AvgIpc) is 2.72. The molecule has 1 amide bonds. The van der Waals surface area contributed by atoms with Crippen LogP contribution in [-0.4, -0.2) is 68.2 Å². The normalized spacial score (nSPS) is 23.9. The minimum absolute atomic E-state index is 0.298. The van der Waals surface area contributed by atoms with Gasteiger partial charge in [-0.2, -0.15) is 0 Å². The molecule has 0 aromatic heterocycles. The van der Waals surface area contributed by atoms with Crippen molar-refractivity contribution in [1.29, 1.82) is 0 Å². The van der Waals surface area contributed by atoms with E-state index in [4.69, 9.17) is 28.4 Å². The topological polar surface area (TPSA) is 136 Å². The molecule has 1 saturated heterocycles. The van der Waals surface area contributed by atoms with Gasteiger partial charge in [0.1, 0.15) is 30.3 Å². The number of nitrogens with one attached hydrogen (secondary N) is 1. The molecule has 1 aliphatic rings. The second kappa shape index (κ2) is 12.4. The molecule has 1 heterocycles. The Morgan fingerprint density at radius 2 is 1.47 bits per heavy atom. The lowest BCUT2D eigenvalue weighted by Crippen LogP contribution is -2.67. The summed E-state index contributed by atoms with van der Waals surface area (Å²) in [6, 6.07) is 2.17. The third-order valence-electron chi connectivity index (χ3n) is 4.52. The summed E-state index contributed by atoms with van der Waals surface area (Å²) in [5, 5.41) is 2.64. The van der Waals surface area contributed by atoms with Crippen LogP contribution in [0.3, 0.4) is 0 Å². The molecule has 2 rings (SSSR count). The number of halogens is 2. The third-order valence-corrected chi connectivity index (χ3v) is 5.76. The van der Waals surface area contributed by atoms with Gasteiger partial charge in [-0.05, 0) is 44.0 Å². The van der Waals surface area contributed by atoms with Crippen LogP contribution in [0.25, 0.3) is 0 Å². The van der Waals surface area contributed by atoms with E-state index in [1.165, 1.54) is 27.9 Å². The summed E-state index contributed by atoms with van der Waals surface area (Å²) >= 11 is 6.77. The van der Waals surface area contributed by atoms with E-state index in [1.807, 2.05) is 0 Å². The molecule has 1 aromatic carbocycles. The molecular formula is C21H25Br2NO10.